The van der Waals surface area contributed by atoms with Crippen molar-refractivity contribution in [2.24, 2.45) is 5.41 Å². The quantitative estimate of drug-likeness (QED) is 0.650. The summed E-state index contributed by atoms with van der Waals surface area (Å²) in [6, 6.07) is -0.00737. The van der Waals surface area contributed by atoms with Crippen molar-refractivity contribution in [3.8, 4) is 0 Å². The van der Waals surface area contributed by atoms with Gasteiger partial charge in [-0.05, 0) is 26.4 Å². The van der Waals surface area contributed by atoms with E-state index in [2.05, 4.69) is 10.0 Å². The lowest BCUT2D eigenvalue weighted by Gasteiger charge is -2.51. The second-order valence-electron chi connectivity index (χ2n) is 5.23. The Morgan fingerprint density at radius 1 is 1.41 bits per heavy atom. The molecule has 0 amide bonds. The van der Waals surface area contributed by atoms with E-state index in [4.69, 9.17) is 4.74 Å². The molecular weight excluding hydrogens is 240 g/mol. The molecule has 0 aliphatic heterocycles. The zero-order chi connectivity index (χ0) is 13.1. The van der Waals surface area contributed by atoms with E-state index < -0.39 is 10.0 Å². The van der Waals surface area contributed by atoms with Crippen LogP contribution in [0.5, 0.6) is 0 Å². The summed E-state index contributed by atoms with van der Waals surface area (Å²) in [5.74, 6) is 0.179. The fraction of sp³-hybridized carbons (Fsp3) is 1.00. The van der Waals surface area contributed by atoms with Crippen LogP contribution in [0.4, 0.5) is 0 Å². The number of rotatable bonds is 7. The van der Waals surface area contributed by atoms with E-state index in [0.29, 0.717) is 6.42 Å². The topological polar surface area (TPSA) is 67.4 Å². The average molecular weight is 264 g/mol. The molecule has 1 saturated carbocycles. The Kier molecular flexibility index (Phi) is 4.95. The summed E-state index contributed by atoms with van der Waals surface area (Å²) in [5, 5.41) is 2.94. The zero-order valence-electron chi connectivity index (χ0n) is 11.1. The lowest BCUT2D eigenvalue weighted by molar-refractivity contribution is -0.0908. The Morgan fingerprint density at radius 3 is 2.53 bits per heavy atom. The van der Waals surface area contributed by atoms with Crippen molar-refractivity contribution in [2.45, 2.75) is 38.8 Å². The molecule has 6 heteroatoms. The van der Waals surface area contributed by atoms with Crippen LogP contribution in [0.1, 0.15) is 26.7 Å². The Balaban J connectivity index is 2.45. The van der Waals surface area contributed by atoms with Crippen LogP contribution in [0.15, 0.2) is 0 Å². The van der Waals surface area contributed by atoms with E-state index in [1.165, 1.54) is 0 Å². The molecule has 1 rings (SSSR count). The maximum atomic E-state index is 11.8. The fourth-order valence-electron chi connectivity index (χ4n) is 2.20. The summed E-state index contributed by atoms with van der Waals surface area (Å²) in [7, 11) is 0.326. The minimum atomic E-state index is -3.16. The minimum absolute atomic E-state index is 0.00737. The van der Waals surface area contributed by atoms with Gasteiger partial charge in [-0.15, -0.1) is 0 Å². The van der Waals surface area contributed by atoms with Crippen molar-refractivity contribution in [3.05, 3.63) is 0 Å². The maximum absolute atomic E-state index is 11.8. The van der Waals surface area contributed by atoms with E-state index in [-0.39, 0.29) is 23.3 Å². The fourth-order valence-corrected chi connectivity index (χ4v) is 3.68. The van der Waals surface area contributed by atoms with Gasteiger partial charge in [0.15, 0.2) is 0 Å². The van der Waals surface area contributed by atoms with Gasteiger partial charge in [0, 0.05) is 18.6 Å². The molecule has 2 atom stereocenters. The van der Waals surface area contributed by atoms with Crippen LogP contribution in [-0.2, 0) is 14.8 Å². The van der Waals surface area contributed by atoms with E-state index in [9.17, 15) is 8.42 Å². The standard InChI is InChI=1S/C11H24N2O3S/c1-11(2)9(8-10(11)16-4)13-17(14,15)7-5-6-12-3/h9-10,12-13H,5-8H2,1-4H3. The summed E-state index contributed by atoms with van der Waals surface area (Å²) in [6.45, 7) is 4.78. The highest BCUT2D eigenvalue weighted by Gasteiger charge is 2.49. The lowest BCUT2D eigenvalue weighted by Crippen LogP contribution is -2.61. The Bertz CT molecular complexity index is 341. The highest BCUT2D eigenvalue weighted by atomic mass is 32.2. The van der Waals surface area contributed by atoms with Gasteiger partial charge in [-0.2, -0.15) is 0 Å². The summed E-state index contributed by atoms with van der Waals surface area (Å²) >= 11 is 0. The van der Waals surface area contributed by atoms with E-state index in [1.807, 2.05) is 20.9 Å². The van der Waals surface area contributed by atoms with Crippen molar-refractivity contribution in [2.75, 3.05) is 26.5 Å². The van der Waals surface area contributed by atoms with E-state index in [1.54, 1.807) is 7.11 Å². The first kappa shape index (κ1) is 14.9. The second kappa shape index (κ2) is 5.65. The van der Waals surface area contributed by atoms with Crippen LogP contribution in [0.25, 0.3) is 0 Å². The zero-order valence-corrected chi connectivity index (χ0v) is 11.9. The number of sulfonamides is 1. The van der Waals surface area contributed by atoms with Crippen LogP contribution in [0.2, 0.25) is 0 Å². The summed E-state index contributed by atoms with van der Waals surface area (Å²) < 4.78 is 31.7. The van der Waals surface area contributed by atoms with Gasteiger partial charge in [-0.3, -0.25) is 0 Å². The second-order valence-corrected chi connectivity index (χ2v) is 7.10. The number of ether oxygens (including phenoxy) is 1. The molecule has 0 saturated heterocycles. The maximum Gasteiger partial charge on any atom is 0.211 e. The Morgan fingerprint density at radius 2 is 2.06 bits per heavy atom. The molecule has 2 N–H and O–H groups in total. The molecule has 0 heterocycles. The SMILES string of the molecule is CNCCCS(=O)(=O)NC1CC(OC)C1(C)C. The van der Waals surface area contributed by atoms with Crippen molar-refractivity contribution in [1.29, 1.82) is 0 Å². The molecule has 102 valence electrons. The number of methoxy groups -OCH3 is 1. The molecule has 0 bridgehead atoms. The van der Waals surface area contributed by atoms with Gasteiger partial charge < -0.3 is 10.1 Å². The van der Waals surface area contributed by atoms with E-state index in [0.717, 1.165) is 13.0 Å². The highest BCUT2D eigenvalue weighted by molar-refractivity contribution is 7.89. The highest BCUT2D eigenvalue weighted by Crippen LogP contribution is 2.42. The van der Waals surface area contributed by atoms with Crippen LogP contribution in [-0.4, -0.2) is 47.0 Å². The normalized spacial score (nSPS) is 27.8. The molecule has 17 heavy (non-hydrogen) atoms. The van der Waals surface area contributed by atoms with Gasteiger partial charge >= 0.3 is 0 Å². The lowest BCUT2D eigenvalue weighted by atomic mass is 9.65. The third kappa shape index (κ3) is 3.64. The van der Waals surface area contributed by atoms with Crippen molar-refractivity contribution >= 4 is 10.0 Å². The summed E-state index contributed by atoms with van der Waals surface area (Å²) in [5.41, 5.74) is -0.120. The first-order valence-electron chi connectivity index (χ1n) is 6.01. The largest absolute Gasteiger partial charge is 0.381 e. The molecule has 1 fully saturated rings. The predicted molar refractivity (Wildman–Crippen MR) is 68.4 cm³/mol. The van der Waals surface area contributed by atoms with Crippen LogP contribution < -0.4 is 10.0 Å². The van der Waals surface area contributed by atoms with Crippen molar-refractivity contribution in [1.82, 2.24) is 10.0 Å². The van der Waals surface area contributed by atoms with Gasteiger partial charge in [0.25, 0.3) is 0 Å². The van der Waals surface area contributed by atoms with Gasteiger partial charge in [0.2, 0.25) is 10.0 Å². The van der Waals surface area contributed by atoms with E-state index >= 15 is 0 Å². The molecule has 1 aliphatic carbocycles. The molecule has 0 spiro atoms. The molecule has 2 unspecified atom stereocenters. The number of hydrogen-bond donors (Lipinski definition) is 2. The molecule has 0 aromatic rings. The minimum Gasteiger partial charge on any atom is -0.381 e. The number of hydrogen-bond acceptors (Lipinski definition) is 4. The van der Waals surface area contributed by atoms with Crippen LogP contribution >= 0.6 is 0 Å². The Hall–Kier alpha value is -0.170. The summed E-state index contributed by atoms with van der Waals surface area (Å²) in [6.07, 6.45) is 1.54. The van der Waals surface area contributed by atoms with Gasteiger partial charge in [-0.1, -0.05) is 13.8 Å². The van der Waals surface area contributed by atoms with Gasteiger partial charge in [0.1, 0.15) is 0 Å². The molecule has 1 aliphatic rings. The monoisotopic (exact) mass is 264 g/mol. The molecule has 5 nitrogen and oxygen atoms in total. The predicted octanol–water partition coefficient (Wildman–Crippen LogP) is 0.329. The van der Waals surface area contributed by atoms with Crippen molar-refractivity contribution in [3.63, 3.8) is 0 Å². The molecule has 0 aromatic heterocycles. The van der Waals surface area contributed by atoms with Crippen LogP contribution in [0.3, 0.4) is 0 Å². The first-order valence-corrected chi connectivity index (χ1v) is 7.66. The molecular formula is C11H24N2O3S. The summed E-state index contributed by atoms with van der Waals surface area (Å²) in [4.78, 5) is 0. The smallest absolute Gasteiger partial charge is 0.211 e. The first-order chi connectivity index (χ1) is 7.83. The third-order valence-electron chi connectivity index (χ3n) is 3.62. The van der Waals surface area contributed by atoms with Crippen molar-refractivity contribution < 1.29 is 13.2 Å². The van der Waals surface area contributed by atoms with Gasteiger partial charge in [0.05, 0.1) is 11.9 Å². The Labute approximate surface area is 104 Å². The number of nitrogens with one attached hydrogen (secondary N) is 2. The van der Waals surface area contributed by atoms with Crippen LogP contribution in [0, 0.1) is 5.41 Å². The molecule has 0 radical (unpaired) electrons. The third-order valence-corrected chi connectivity index (χ3v) is 5.09. The average Bonchev–Trinajstić information content (AvgIpc) is 2.24. The molecule has 0 aromatic carbocycles. The van der Waals surface area contributed by atoms with Gasteiger partial charge in [-0.25, -0.2) is 13.1 Å².